The average Bonchev–Trinajstić information content (AvgIpc) is 3.19. The molecule has 2 aromatic rings. The molecule has 1 N–H and O–H groups in total. The number of rotatable bonds is 6. The molecular formula is C23H29N3O3. The first-order chi connectivity index (χ1) is 14.1. The van der Waals surface area contributed by atoms with Gasteiger partial charge in [-0.15, -0.1) is 0 Å². The maximum absolute atomic E-state index is 12.6. The van der Waals surface area contributed by atoms with Gasteiger partial charge in [-0.3, -0.25) is 9.69 Å². The van der Waals surface area contributed by atoms with Gasteiger partial charge in [0, 0.05) is 51.4 Å². The normalized spacial score (nSPS) is 16.1. The molecule has 0 bridgehead atoms. The Morgan fingerprint density at radius 3 is 2.62 bits per heavy atom. The average molecular weight is 396 g/mol. The fourth-order valence-electron chi connectivity index (χ4n) is 3.84. The zero-order chi connectivity index (χ0) is 20.2. The van der Waals surface area contributed by atoms with Gasteiger partial charge in [-0.1, -0.05) is 18.2 Å². The number of carbonyl (C=O) groups excluding carboxylic acids is 1. The van der Waals surface area contributed by atoms with Crippen LogP contribution in [0.3, 0.4) is 0 Å². The van der Waals surface area contributed by atoms with Crippen LogP contribution in [0.1, 0.15) is 23.1 Å². The Balaban J connectivity index is 1.21. The highest BCUT2D eigenvalue weighted by atomic mass is 16.7. The quantitative estimate of drug-likeness (QED) is 0.814. The van der Waals surface area contributed by atoms with Gasteiger partial charge in [-0.05, 0) is 48.7 Å². The summed E-state index contributed by atoms with van der Waals surface area (Å²) < 4.78 is 10.8. The lowest BCUT2D eigenvalue weighted by atomic mass is 10.1. The SMILES string of the molecule is Cc1ccc(C)c(NCCC(=O)N2CCN(Cc3ccc4c(c3)OCO4)CC2)c1. The van der Waals surface area contributed by atoms with Crippen molar-refractivity contribution in [1.29, 1.82) is 0 Å². The van der Waals surface area contributed by atoms with Crippen molar-refractivity contribution < 1.29 is 14.3 Å². The monoisotopic (exact) mass is 395 g/mol. The van der Waals surface area contributed by atoms with Crippen molar-refractivity contribution in [3.8, 4) is 11.5 Å². The van der Waals surface area contributed by atoms with Crippen LogP contribution in [0, 0.1) is 13.8 Å². The topological polar surface area (TPSA) is 54.0 Å². The summed E-state index contributed by atoms with van der Waals surface area (Å²) >= 11 is 0. The van der Waals surface area contributed by atoms with E-state index < -0.39 is 0 Å². The molecule has 2 aliphatic heterocycles. The maximum Gasteiger partial charge on any atom is 0.231 e. The lowest BCUT2D eigenvalue weighted by Gasteiger charge is -2.35. The predicted molar refractivity (Wildman–Crippen MR) is 113 cm³/mol. The van der Waals surface area contributed by atoms with Crippen LogP contribution < -0.4 is 14.8 Å². The van der Waals surface area contributed by atoms with Crippen molar-refractivity contribution >= 4 is 11.6 Å². The number of anilines is 1. The number of fused-ring (bicyclic) bond motifs is 1. The Bertz CT molecular complexity index is 876. The Morgan fingerprint density at radius 2 is 1.79 bits per heavy atom. The van der Waals surface area contributed by atoms with Crippen molar-refractivity contribution in [2.45, 2.75) is 26.8 Å². The predicted octanol–water partition coefficient (Wildman–Crippen LogP) is 3.18. The summed E-state index contributed by atoms with van der Waals surface area (Å²) in [6.07, 6.45) is 0.523. The minimum Gasteiger partial charge on any atom is -0.454 e. The van der Waals surface area contributed by atoms with Crippen molar-refractivity contribution in [3.63, 3.8) is 0 Å². The zero-order valence-corrected chi connectivity index (χ0v) is 17.2. The Labute approximate surface area is 172 Å². The van der Waals surface area contributed by atoms with Gasteiger partial charge in [0.15, 0.2) is 11.5 Å². The molecule has 2 heterocycles. The van der Waals surface area contributed by atoms with Crippen LogP contribution in [-0.2, 0) is 11.3 Å². The van der Waals surface area contributed by atoms with Crippen molar-refractivity contribution in [2.75, 3.05) is 44.8 Å². The molecule has 0 atom stereocenters. The zero-order valence-electron chi connectivity index (χ0n) is 17.2. The minimum absolute atomic E-state index is 0.227. The van der Waals surface area contributed by atoms with Gasteiger partial charge in [-0.25, -0.2) is 0 Å². The highest BCUT2D eigenvalue weighted by Gasteiger charge is 2.21. The number of aryl methyl sites for hydroxylation is 2. The number of nitrogens with one attached hydrogen (secondary N) is 1. The van der Waals surface area contributed by atoms with Gasteiger partial charge >= 0.3 is 0 Å². The third kappa shape index (κ3) is 4.82. The lowest BCUT2D eigenvalue weighted by Crippen LogP contribution is -2.48. The van der Waals surface area contributed by atoms with Gasteiger partial charge in [0.2, 0.25) is 12.7 Å². The smallest absolute Gasteiger partial charge is 0.231 e. The van der Waals surface area contributed by atoms with Crippen molar-refractivity contribution in [2.24, 2.45) is 0 Å². The van der Waals surface area contributed by atoms with Gasteiger partial charge < -0.3 is 19.7 Å². The molecule has 6 nitrogen and oxygen atoms in total. The van der Waals surface area contributed by atoms with E-state index in [2.05, 4.69) is 54.4 Å². The summed E-state index contributed by atoms with van der Waals surface area (Å²) in [4.78, 5) is 16.9. The van der Waals surface area contributed by atoms with Crippen LogP contribution in [0.4, 0.5) is 5.69 Å². The van der Waals surface area contributed by atoms with E-state index in [1.807, 2.05) is 11.0 Å². The first-order valence-electron chi connectivity index (χ1n) is 10.3. The second-order valence-corrected chi connectivity index (χ2v) is 7.84. The van der Waals surface area contributed by atoms with Crippen LogP contribution in [-0.4, -0.2) is 55.2 Å². The van der Waals surface area contributed by atoms with Crippen LogP contribution in [0.15, 0.2) is 36.4 Å². The third-order valence-corrected chi connectivity index (χ3v) is 5.62. The van der Waals surface area contributed by atoms with Crippen LogP contribution in [0.5, 0.6) is 11.5 Å². The second-order valence-electron chi connectivity index (χ2n) is 7.84. The molecule has 2 aliphatic rings. The fourth-order valence-corrected chi connectivity index (χ4v) is 3.84. The van der Waals surface area contributed by atoms with Crippen molar-refractivity contribution in [1.82, 2.24) is 9.80 Å². The van der Waals surface area contributed by atoms with Crippen molar-refractivity contribution in [3.05, 3.63) is 53.1 Å². The Morgan fingerprint density at radius 1 is 1.00 bits per heavy atom. The molecule has 0 radical (unpaired) electrons. The standard InChI is InChI=1S/C23H29N3O3/c1-17-3-4-18(2)20(13-17)24-8-7-23(27)26-11-9-25(10-12-26)15-19-5-6-21-22(14-19)29-16-28-21/h3-6,13-14,24H,7-12,15-16H2,1-2H3. The molecule has 0 unspecified atom stereocenters. The molecular weight excluding hydrogens is 366 g/mol. The lowest BCUT2D eigenvalue weighted by molar-refractivity contribution is -0.132. The number of carbonyl (C=O) groups is 1. The van der Waals surface area contributed by atoms with E-state index in [-0.39, 0.29) is 5.91 Å². The van der Waals surface area contributed by atoms with E-state index in [0.29, 0.717) is 19.8 Å². The largest absolute Gasteiger partial charge is 0.454 e. The molecule has 29 heavy (non-hydrogen) atoms. The minimum atomic E-state index is 0.227. The summed E-state index contributed by atoms with van der Waals surface area (Å²) in [7, 11) is 0. The van der Waals surface area contributed by atoms with E-state index in [1.165, 1.54) is 16.7 Å². The van der Waals surface area contributed by atoms with Crippen LogP contribution in [0.25, 0.3) is 0 Å². The van der Waals surface area contributed by atoms with Gasteiger partial charge in [-0.2, -0.15) is 0 Å². The summed E-state index contributed by atoms with van der Waals surface area (Å²) in [5, 5.41) is 3.41. The van der Waals surface area contributed by atoms with Gasteiger partial charge in [0.05, 0.1) is 0 Å². The maximum atomic E-state index is 12.6. The van der Waals surface area contributed by atoms with Crippen LogP contribution >= 0.6 is 0 Å². The molecule has 6 heteroatoms. The molecule has 2 aromatic carbocycles. The number of amides is 1. The molecule has 0 aliphatic carbocycles. The van der Waals surface area contributed by atoms with Gasteiger partial charge in [0.1, 0.15) is 0 Å². The number of ether oxygens (including phenoxy) is 2. The number of nitrogens with zero attached hydrogens (tertiary/aromatic N) is 2. The number of hydrogen-bond donors (Lipinski definition) is 1. The Hall–Kier alpha value is -2.73. The highest BCUT2D eigenvalue weighted by molar-refractivity contribution is 5.77. The van der Waals surface area contributed by atoms with Gasteiger partial charge in [0.25, 0.3) is 0 Å². The van der Waals surface area contributed by atoms with E-state index in [4.69, 9.17) is 9.47 Å². The van der Waals surface area contributed by atoms with Crippen LogP contribution in [0.2, 0.25) is 0 Å². The molecule has 154 valence electrons. The number of hydrogen-bond acceptors (Lipinski definition) is 5. The molecule has 0 spiro atoms. The van der Waals surface area contributed by atoms with E-state index in [0.717, 1.165) is 49.9 Å². The molecule has 1 fully saturated rings. The van der Waals surface area contributed by atoms with E-state index in [1.54, 1.807) is 0 Å². The third-order valence-electron chi connectivity index (χ3n) is 5.62. The first kappa shape index (κ1) is 19.6. The molecule has 1 saturated heterocycles. The second kappa shape index (κ2) is 8.74. The summed E-state index contributed by atoms with van der Waals surface area (Å²) in [5.41, 5.74) is 4.77. The Kier molecular flexibility index (Phi) is 5.90. The van der Waals surface area contributed by atoms with E-state index in [9.17, 15) is 4.79 Å². The molecule has 1 amide bonds. The summed E-state index contributed by atoms with van der Waals surface area (Å²) in [6.45, 7) is 9.36. The number of piperazine rings is 1. The number of benzene rings is 2. The first-order valence-corrected chi connectivity index (χ1v) is 10.3. The summed E-state index contributed by atoms with van der Waals surface area (Å²) in [5.74, 6) is 1.87. The molecule has 0 saturated carbocycles. The van der Waals surface area contributed by atoms with E-state index >= 15 is 0 Å². The molecule has 0 aromatic heterocycles. The highest BCUT2D eigenvalue weighted by Crippen LogP contribution is 2.32. The molecule has 4 rings (SSSR count). The summed E-state index contributed by atoms with van der Waals surface area (Å²) in [6, 6.07) is 12.5. The fraction of sp³-hybridized carbons (Fsp3) is 0.435.